The largest absolute Gasteiger partial charge is 0.394 e. The van der Waals surface area contributed by atoms with Gasteiger partial charge in [-0.15, -0.1) is 0 Å². The molecule has 4 N–H and O–H groups in total. The molecule has 0 aliphatic carbocycles. The van der Waals surface area contributed by atoms with E-state index in [2.05, 4.69) is 36.3 Å². The van der Waals surface area contributed by atoms with E-state index >= 15 is 0 Å². The van der Waals surface area contributed by atoms with Crippen molar-refractivity contribution in [3.05, 3.63) is 52.9 Å². The Morgan fingerprint density at radius 1 is 1.09 bits per heavy atom. The third-order valence-electron chi connectivity index (χ3n) is 3.90. The van der Waals surface area contributed by atoms with Crippen LogP contribution in [0, 0.1) is 6.92 Å². The maximum atomic E-state index is 9.17. The van der Waals surface area contributed by atoms with E-state index in [1.165, 1.54) is 11.1 Å². The SMILES string of the molecule is Cc1ccc(CCc2cc(CCC(N)(CO)CO)on2)cc1. The molecule has 0 unspecified atom stereocenters. The van der Waals surface area contributed by atoms with Crippen LogP contribution >= 0.6 is 0 Å². The molecule has 5 heteroatoms. The lowest BCUT2D eigenvalue weighted by molar-refractivity contribution is 0.113. The summed E-state index contributed by atoms with van der Waals surface area (Å²) in [6, 6.07) is 10.4. The minimum atomic E-state index is -0.963. The van der Waals surface area contributed by atoms with Gasteiger partial charge in [-0.25, -0.2) is 0 Å². The average Bonchev–Trinajstić information content (AvgIpc) is 3.00. The van der Waals surface area contributed by atoms with Gasteiger partial charge in [0.2, 0.25) is 0 Å². The standard InChI is InChI=1S/C17H24N2O3/c1-13-2-4-14(5-3-13)6-7-15-10-16(22-19-15)8-9-17(18,11-20)12-21/h2-5,10,20-21H,6-9,11-12,18H2,1H3. The van der Waals surface area contributed by atoms with E-state index in [-0.39, 0.29) is 13.2 Å². The Bertz CT molecular complexity index is 574. The van der Waals surface area contributed by atoms with Crippen LogP contribution in [0.1, 0.15) is 29.0 Å². The third-order valence-corrected chi connectivity index (χ3v) is 3.90. The zero-order valence-corrected chi connectivity index (χ0v) is 13.0. The van der Waals surface area contributed by atoms with Gasteiger partial charge in [0, 0.05) is 12.5 Å². The summed E-state index contributed by atoms with van der Waals surface area (Å²) in [6.45, 7) is 1.57. The Morgan fingerprint density at radius 3 is 2.41 bits per heavy atom. The Labute approximate surface area is 130 Å². The maximum absolute atomic E-state index is 9.17. The van der Waals surface area contributed by atoms with E-state index in [0.717, 1.165) is 24.3 Å². The first kappa shape index (κ1) is 16.7. The lowest BCUT2D eigenvalue weighted by atomic mass is 9.96. The number of aryl methyl sites for hydroxylation is 4. The maximum Gasteiger partial charge on any atom is 0.137 e. The molecule has 120 valence electrons. The number of aliphatic hydroxyl groups is 2. The molecule has 0 amide bonds. The lowest BCUT2D eigenvalue weighted by Crippen LogP contribution is -2.47. The molecule has 0 atom stereocenters. The number of nitrogens with zero attached hydrogens (tertiary/aromatic N) is 1. The Balaban J connectivity index is 1.85. The van der Waals surface area contributed by atoms with Crippen LogP contribution in [0.3, 0.4) is 0 Å². The van der Waals surface area contributed by atoms with Gasteiger partial charge >= 0.3 is 0 Å². The summed E-state index contributed by atoms with van der Waals surface area (Å²) in [5.41, 5.74) is 8.31. The first-order valence-electron chi connectivity index (χ1n) is 7.55. The van der Waals surface area contributed by atoms with Crippen molar-refractivity contribution in [2.24, 2.45) is 5.73 Å². The summed E-state index contributed by atoms with van der Waals surface area (Å²) in [5, 5.41) is 22.4. The van der Waals surface area contributed by atoms with Crippen molar-refractivity contribution in [2.75, 3.05) is 13.2 Å². The Hall–Kier alpha value is -1.69. The lowest BCUT2D eigenvalue weighted by Gasteiger charge is -2.23. The van der Waals surface area contributed by atoms with Crippen LogP contribution in [-0.4, -0.2) is 34.1 Å². The molecule has 0 saturated carbocycles. The molecule has 2 aromatic rings. The Kier molecular flexibility index (Phi) is 5.71. The fourth-order valence-corrected chi connectivity index (χ4v) is 2.20. The van der Waals surface area contributed by atoms with Crippen LogP contribution < -0.4 is 5.73 Å². The molecule has 5 nitrogen and oxygen atoms in total. The molecule has 0 bridgehead atoms. The topological polar surface area (TPSA) is 92.5 Å². The van der Waals surface area contributed by atoms with Gasteiger partial charge in [-0.1, -0.05) is 35.0 Å². The molecule has 2 rings (SSSR count). The molecule has 0 saturated heterocycles. The number of nitrogens with two attached hydrogens (primary N) is 1. The van der Waals surface area contributed by atoms with Crippen LogP contribution in [0.4, 0.5) is 0 Å². The minimum absolute atomic E-state index is 0.252. The van der Waals surface area contributed by atoms with E-state index in [9.17, 15) is 0 Å². The number of benzene rings is 1. The molecule has 0 radical (unpaired) electrons. The molecule has 0 aliphatic rings. The van der Waals surface area contributed by atoms with Crippen LogP contribution in [0.15, 0.2) is 34.9 Å². The normalized spacial score (nSPS) is 11.8. The molecule has 22 heavy (non-hydrogen) atoms. The van der Waals surface area contributed by atoms with Gasteiger partial charge in [0.15, 0.2) is 0 Å². The van der Waals surface area contributed by atoms with Crippen molar-refractivity contribution in [2.45, 2.75) is 38.1 Å². The van der Waals surface area contributed by atoms with E-state index in [0.29, 0.717) is 12.8 Å². The van der Waals surface area contributed by atoms with Gasteiger partial charge in [0.05, 0.1) is 24.4 Å². The predicted molar refractivity (Wildman–Crippen MR) is 84.5 cm³/mol. The second-order valence-electron chi connectivity index (χ2n) is 5.95. The molecule has 0 fully saturated rings. The summed E-state index contributed by atoms with van der Waals surface area (Å²) in [6.07, 6.45) is 2.74. The van der Waals surface area contributed by atoms with Crippen LogP contribution in [0.5, 0.6) is 0 Å². The average molecular weight is 304 g/mol. The van der Waals surface area contributed by atoms with Gasteiger partial charge < -0.3 is 20.5 Å². The smallest absolute Gasteiger partial charge is 0.137 e. The van der Waals surface area contributed by atoms with Crippen molar-refractivity contribution in [1.82, 2.24) is 5.16 Å². The van der Waals surface area contributed by atoms with Crippen molar-refractivity contribution in [3.8, 4) is 0 Å². The zero-order valence-electron chi connectivity index (χ0n) is 13.0. The highest BCUT2D eigenvalue weighted by Crippen LogP contribution is 2.14. The molecular weight excluding hydrogens is 280 g/mol. The third kappa shape index (κ3) is 4.66. The quantitative estimate of drug-likeness (QED) is 0.685. The van der Waals surface area contributed by atoms with Gasteiger partial charge in [-0.05, 0) is 31.7 Å². The highest BCUT2D eigenvalue weighted by Gasteiger charge is 2.23. The zero-order chi connectivity index (χ0) is 16.0. The van der Waals surface area contributed by atoms with Crippen LogP contribution in [0.25, 0.3) is 0 Å². The van der Waals surface area contributed by atoms with Crippen molar-refractivity contribution >= 4 is 0 Å². The number of hydrogen-bond donors (Lipinski definition) is 3. The van der Waals surface area contributed by atoms with Crippen molar-refractivity contribution in [3.63, 3.8) is 0 Å². The van der Waals surface area contributed by atoms with E-state index in [1.54, 1.807) is 0 Å². The molecule has 1 aromatic carbocycles. The first-order valence-corrected chi connectivity index (χ1v) is 7.55. The van der Waals surface area contributed by atoms with Crippen LogP contribution in [-0.2, 0) is 19.3 Å². The summed E-state index contributed by atoms with van der Waals surface area (Å²) >= 11 is 0. The Morgan fingerprint density at radius 2 is 1.77 bits per heavy atom. The van der Waals surface area contributed by atoms with Gasteiger partial charge in [0.25, 0.3) is 0 Å². The first-order chi connectivity index (χ1) is 10.5. The second-order valence-corrected chi connectivity index (χ2v) is 5.95. The van der Waals surface area contributed by atoms with Crippen molar-refractivity contribution < 1.29 is 14.7 Å². The van der Waals surface area contributed by atoms with Crippen molar-refractivity contribution in [1.29, 1.82) is 0 Å². The van der Waals surface area contributed by atoms with Gasteiger partial charge in [-0.2, -0.15) is 0 Å². The summed E-state index contributed by atoms with van der Waals surface area (Å²) < 4.78 is 5.29. The summed E-state index contributed by atoms with van der Waals surface area (Å²) in [4.78, 5) is 0. The van der Waals surface area contributed by atoms with E-state index in [4.69, 9.17) is 20.5 Å². The summed E-state index contributed by atoms with van der Waals surface area (Å²) in [7, 11) is 0. The van der Waals surface area contributed by atoms with Gasteiger partial charge in [0.1, 0.15) is 5.76 Å². The number of hydrogen-bond acceptors (Lipinski definition) is 5. The molecule has 1 heterocycles. The monoisotopic (exact) mass is 304 g/mol. The number of aliphatic hydroxyl groups excluding tert-OH is 2. The second kappa shape index (κ2) is 7.54. The number of aromatic nitrogens is 1. The fourth-order valence-electron chi connectivity index (χ4n) is 2.20. The highest BCUT2D eigenvalue weighted by atomic mass is 16.5. The van der Waals surface area contributed by atoms with E-state index < -0.39 is 5.54 Å². The predicted octanol–water partition coefficient (Wildman–Crippen LogP) is 1.38. The molecule has 0 aliphatic heterocycles. The molecule has 1 aromatic heterocycles. The van der Waals surface area contributed by atoms with Crippen LogP contribution in [0.2, 0.25) is 0 Å². The van der Waals surface area contributed by atoms with E-state index in [1.807, 2.05) is 6.07 Å². The summed E-state index contributed by atoms with van der Waals surface area (Å²) in [5.74, 6) is 0.732. The minimum Gasteiger partial charge on any atom is -0.394 e. The van der Waals surface area contributed by atoms with Gasteiger partial charge in [-0.3, -0.25) is 0 Å². The fraction of sp³-hybridized carbons (Fsp3) is 0.471. The highest BCUT2D eigenvalue weighted by molar-refractivity contribution is 5.22. The molecular formula is C17H24N2O3. The molecule has 0 spiro atoms. The number of rotatable bonds is 8.